The van der Waals surface area contributed by atoms with Crippen LogP contribution in [-0.4, -0.2) is 5.91 Å². The number of halogens is 2. The van der Waals surface area contributed by atoms with E-state index in [0.29, 0.717) is 16.9 Å². The lowest BCUT2D eigenvalue weighted by Crippen LogP contribution is -2.14. The van der Waals surface area contributed by atoms with Crippen LogP contribution in [0.1, 0.15) is 11.3 Å². The van der Waals surface area contributed by atoms with Gasteiger partial charge in [-0.05, 0) is 35.9 Å². The molecule has 0 fully saturated rings. The smallest absolute Gasteiger partial charge is 0.256 e. The highest BCUT2D eigenvalue weighted by Crippen LogP contribution is 2.21. The van der Waals surface area contributed by atoms with Crippen LogP contribution in [0.3, 0.4) is 0 Å². The minimum atomic E-state index is -1.02. The Labute approximate surface area is 137 Å². The van der Waals surface area contributed by atoms with Crippen molar-refractivity contribution in [1.82, 2.24) is 0 Å². The number of carbonyl (C=O) groups excluding carboxylic acids is 1. The molecule has 120 valence electrons. The SMILES string of the molecule is O=C(Nc1ccc(F)c(F)c1)/C(=C/c1ccco1)c1ccccc1. The zero-order chi connectivity index (χ0) is 16.9. The summed E-state index contributed by atoms with van der Waals surface area (Å²) in [5.74, 6) is -1.94. The van der Waals surface area contributed by atoms with E-state index in [1.165, 1.54) is 12.3 Å². The van der Waals surface area contributed by atoms with Gasteiger partial charge < -0.3 is 9.73 Å². The lowest BCUT2D eigenvalue weighted by molar-refractivity contribution is -0.111. The van der Waals surface area contributed by atoms with Gasteiger partial charge in [0.25, 0.3) is 5.91 Å². The third-order valence-electron chi connectivity index (χ3n) is 3.34. The number of hydrogen-bond donors (Lipinski definition) is 1. The van der Waals surface area contributed by atoms with Gasteiger partial charge in [0, 0.05) is 11.8 Å². The topological polar surface area (TPSA) is 42.2 Å². The molecule has 0 spiro atoms. The fourth-order valence-electron chi connectivity index (χ4n) is 2.19. The van der Waals surface area contributed by atoms with Gasteiger partial charge in [-0.25, -0.2) is 8.78 Å². The predicted octanol–water partition coefficient (Wildman–Crippen LogP) is 4.74. The Kier molecular flexibility index (Phi) is 4.52. The van der Waals surface area contributed by atoms with Crippen LogP contribution in [0, 0.1) is 11.6 Å². The maximum Gasteiger partial charge on any atom is 0.256 e. The van der Waals surface area contributed by atoms with Gasteiger partial charge in [0.05, 0.1) is 11.8 Å². The van der Waals surface area contributed by atoms with Gasteiger partial charge in [0.15, 0.2) is 11.6 Å². The second kappa shape index (κ2) is 6.91. The summed E-state index contributed by atoms with van der Waals surface area (Å²) < 4.78 is 31.6. The lowest BCUT2D eigenvalue weighted by atomic mass is 10.0. The fraction of sp³-hybridized carbons (Fsp3) is 0. The summed E-state index contributed by atoms with van der Waals surface area (Å²) in [5, 5.41) is 2.57. The Morgan fingerprint density at radius 2 is 1.75 bits per heavy atom. The molecule has 0 saturated heterocycles. The molecular formula is C19H13F2NO2. The van der Waals surface area contributed by atoms with Crippen LogP contribution >= 0.6 is 0 Å². The molecule has 24 heavy (non-hydrogen) atoms. The van der Waals surface area contributed by atoms with Crippen LogP contribution in [0.4, 0.5) is 14.5 Å². The van der Waals surface area contributed by atoms with Gasteiger partial charge in [0.1, 0.15) is 5.76 Å². The Bertz CT molecular complexity index is 872. The maximum atomic E-state index is 13.3. The molecule has 1 heterocycles. The van der Waals surface area contributed by atoms with E-state index in [1.54, 1.807) is 42.5 Å². The van der Waals surface area contributed by atoms with Crippen LogP contribution < -0.4 is 5.32 Å². The van der Waals surface area contributed by atoms with Crippen LogP contribution in [-0.2, 0) is 4.79 Å². The summed E-state index contributed by atoms with van der Waals surface area (Å²) in [4.78, 5) is 12.6. The highest BCUT2D eigenvalue weighted by molar-refractivity contribution is 6.29. The van der Waals surface area contributed by atoms with E-state index in [9.17, 15) is 13.6 Å². The molecule has 3 aromatic rings. The monoisotopic (exact) mass is 325 g/mol. The Hall–Kier alpha value is -3.21. The molecule has 1 N–H and O–H groups in total. The van der Waals surface area contributed by atoms with Crippen molar-refractivity contribution in [2.45, 2.75) is 0 Å². The van der Waals surface area contributed by atoms with Crippen molar-refractivity contribution in [1.29, 1.82) is 0 Å². The normalized spacial score (nSPS) is 11.3. The molecule has 1 amide bonds. The van der Waals surface area contributed by atoms with Crippen molar-refractivity contribution in [2.24, 2.45) is 0 Å². The van der Waals surface area contributed by atoms with E-state index >= 15 is 0 Å². The number of hydrogen-bond acceptors (Lipinski definition) is 2. The van der Waals surface area contributed by atoms with E-state index in [4.69, 9.17) is 4.42 Å². The fourth-order valence-corrected chi connectivity index (χ4v) is 2.19. The predicted molar refractivity (Wildman–Crippen MR) is 88.0 cm³/mol. The van der Waals surface area contributed by atoms with Gasteiger partial charge in [0.2, 0.25) is 0 Å². The van der Waals surface area contributed by atoms with E-state index in [1.807, 2.05) is 6.07 Å². The number of carbonyl (C=O) groups is 1. The van der Waals surface area contributed by atoms with Crippen LogP contribution in [0.5, 0.6) is 0 Å². The van der Waals surface area contributed by atoms with Crippen LogP contribution in [0.2, 0.25) is 0 Å². The molecule has 1 aromatic heterocycles. The first-order valence-corrected chi connectivity index (χ1v) is 7.20. The molecule has 0 saturated carbocycles. The Balaban J connectivity index is 1.93. The number of benzene rings is 2. The standard InChI is InChI=1S/C19H13F2NO2/c20-17-9-8-14(11-18(17)21)22-19(23)16(12-15-7-4-10-24-15)13-5-2-1-3-6-13/h1-12H,(H,22,23)/b16-12+. The second-order valence-electron chi connectivity index (χ2n) is 5.02. The first-order valence-electron chi connectivity index (χ1n) is 7.20. The molecule has 0 unspecified atom stereocenters. The summed E-state index contributed by atoms with van der Waals surface area (Å²) in [7, 11) is 0. The molecule has 0 aliphatic carbocycles. The number of rotatable bonds is 4. The summed E-state index contributed by atoms with van der Waals surface area (Å²) >= 11 is 0. The number of anilines is 1. The van der Waals surface area contributed by atoms with Crippen molar-refractivity contribution in [3.8, 4) is 0 Å². The quantitative estimate of drug-likeness (QED) is 0.704. The molecule has 5 heteroatoms. The molecular weight excluding hydrogens is 312 g/mol. The molecule has 0 aliphatic heterocycles. The third kappa shape index (κ3) is 3.57. The third-order valence-corrected chi connectivity index (χ3v) is 3.34. The van der Waals surface area contributed by atoms with Crippen molar-refractivity contribution >= 4 is 23.2 Å². The highest BCUT2D eigenvalue weighted by atomic mass is 19.2. The van der Waals surface area contributed by atoms with Crippen molar-refractivity contribution < 1.29 is 18.0 Å². The van der Waals surface area contributed by atoms with Gasteiger partial charge in [-0.15, -0.1) is 0 Å². The minimum Gasteiger partial charge on any atom is -0.465 e. The molecule has 0 aliphatic rings. The largest absolute Gasteiger partial charge is 0.465 e. The average Bonchev–Trinajstić information content (AvgIpc) is 3.10. The summed E-state index contributed by atoms with van der Waals surface area (Å²) in [6.45, 7) is 0. The summed E-state index contributed by atoms with van der Waals surface area (Å²) in [6, 6.07) is 15.6. The van der Waals surface area contributed by atoms with Crippen molar-refractivity contribution in [3.63, 3.8) is 0 Å². The van der Waals surface area contributed by atoms with Gasteiger partial charge in [-0.1, -0.05) is 30.3 Å². The first-order chi connectivity index (χ1) is 11.6. The zero-order valence-electron chi connectivity index (χ0n) is 12.5. The molecule has 3 nitrogen and oxygen atoms in total. The van der Waals surface area contributed by atoms with Crippen LogP contribution in [0.25, 0.3) is 11.6 Å². The molecule has 0 atom stereocenters. The lowest BCUT2D eigenvalue weighted by Gasteiger charge is -2.09. The van der Waals surface area contributed by atoms with E-state index in [2.05, 4.69) is 5.32 Å². The summed E-state index contributed by atoms with van der Waals surface area (Å²) in [5.41, 5.74) is 1.18. The molecule has 2 aromatic carbocycles. The average molecular weight is 325 g/mol. The zero-order valence-corrected chi connectivity index (χ0v) is 12.5. The van der Waals surface area contributed by atoms with Crippen LogP contribution in [0.15, 0.2) is 71.3 Å². The second-order valence-corrected chi connectivity index (χ2v) is 5.02. The first kappa shape index (κ1) is 15.7. The molecule has 0 radical (unpaired) electrons. The van der Waals surface area contributed by atoms with E-state index in [-0.39, 0.29) is 5.69 Å². The number of nitrogens with one attached hydrogen (secondary N) is 1. The van der Waals surface area contributed by atoms with Gasteiger partial charge >= 0.3 is 0 Å². The van der Waals surface area contributed by atoms with Gasteiger partial charge in [-0.2, -0.15) is 0 Å². The number of furan rings is 1. The molecule has 0 bridgehead atoms. The van der Waals surface area contributed by atoms with Crippen molar-refractivity contribution in [3.05, 3.63) is 89.9 Å². The van der Waals surface area contributed by atoms with Crippen molar-refractivity contribution in [2.75, 3.05) is 5.32 Å². The van der Waals surface area contributed by atoms with E-state index in [0.717, 1.165) is 12.1 Å². The highest BCUT2D eigenvalue weighted by Gasteiger charge is 2.14. The Morgan fingerprint density at radius 1 is 0.958 bits per heavy atom. The molecule has 3 rings (SSSR count). The number of amides is 1. The summed E-state index contributed by atoms with van der Waals surface area (Å²) in [6.07, 6.45) is 3.09. The van der Waals surface area contributed by atoms with Gasteiger partial charge in [-0.3, -0.25) is 4.79 Å². The Morgan fingerprint density at radius 3 is 2.42 bits per heavy atom. The van der Waals surface area contributed by atoms with E-state index < -0.39 is 17.5 Å². The minimum absolute atomic E-state index is 0.167. The maximum absolute atomic E-state index is 13.3.